The Hall–Kier alpha value is -6.39. The lowest BCUT2D eigenvalue weighted by molar-refractivity contribution is 1.02. The number of hydrogen-bond donors (Lipinski definition) is 0. The molecule has 0 N–H and O–H groups in total. The summed E-state index contributed by atoms with van der Waals surface area (Å²) in [5, 5.41) is 11.7. The molecule has 0 bridgehead atoms. The number of rotatable bonds is 3. The Morgan fingerprint density at radius 3 is 2.00 bits per heavy atom. The van der Waals surface area contributed by atoms with Crippen LogP contribution in [0.3, 0.4) is 0 Å². The van der Waals surface area contributed by atoms with Crippen molar-refractivity contribution in [2.75, 3.05) is 0 Å². The van der Waals surface area contributed by atoms with E-state index in [1.54, 1.807) is 11.8 Å². The highest BCUT2D eigenvalue weighted by atomic mass is 32.2. The van der Waals surface area contributed by atoms with Crippen LogP contribution in [0, 0.1) is 0 Å². The minimum atomic E-state index is 0.900. The van der Waals surface area contributed by atoms with Crippen molar-refractivity contribution in [3.63, 3.8) is 0 Å². The summed E-state index contributed by atoms with van der Waals surface area (Å²) >= 11 is 3.73. The summed E-state index contributed by atoms with van der Waals surface area (Å²) in [4.78, 5) is 3.83. The van der Waals surface area contributed by atoms with Gasteiger partial charge in [-0.3, -0.25) is 0 Å². The first kappa shape index (κ1) is 33.7. The predicted octanol–water partition coefficient (Wildman–Crippen LogP) is 16.0. The zero-order valence-electron chi connectivity index (χ0n) is 31.8. The Balaban J connectivity index is 0.998. The molecular formula is C55H37NS2. The fourth-order valence-corrected chi connectivity index (χ4v) is 11.7. The van der Waals surface area contributed by atoms with Gasteiger partial charge >= 0.3 is 0 Å². The molecule has 2 aliphatic rings. The second-order valence-electron chi connectivity index (χ2n) is 15.6. The quantitative estimate of drug-likeness (QED) is 0.162. The van der Waals surface area contributed by atoms with E-state index >= 15 is 0 Å². The molecule has 12 rings (SSSR count). The Kier molecular flexibility index (Phi) is 7.76. The summed E-state index contributed by atoms with van der Waals surface area (Å²) in [6.07, 6.45) is 16.3. The minimum Gasteiger partial charge on any atom is -0.308 e. The topological polar surface area (TPSA) is 4.93 Å². The summed E-state index contributed by atoms with van der Waals surface area (Å²) in [7, 11) is 0. The van der Waals surface area contributed by atoms with Crippen molar-refractivity contribution in [2.45, 2.75) is 24.2 Å². The van der Waals surface area contributed by atoms with Crippen LogP contribution in [-0.4, -0.2) is 4.57 Å². The summed E-state index contributed by atoms with van der Waals surface area (Å²) in [5.74, 6) is 0. The second-order valence-corrected chi connectivity index (χ2v) is 17.8. The lowest BCUT2D eigenvalue weighted by atomic mass is 9.90. The molecule has 1 nitrogen and oxygen atoms in total. The largest absolute Gasteiger partial charge is 0.308 e. The van der Waals surface area contributed by atoms with Gasteiger partial charge in [0.25, 0.3) is 0 Å². The third kappa shape index (κ3) is 5.31. The zero-order valence-corrected chi connectivity index (χ0v) is 33.5. The fourth-order valence-electron chi connectivity index (χ4n) is 9.49. The number of fused-ring (bicyclic) bond motifs is 14. The number of aryl methyl sites for hydroxylation is 1. The maximum absolute atomic E-state index is 4.24. The molecule has 0 fully saturated rings. The number of aromatic nitrogens is 1. The van der Waals surface area contributed by atoms with Crippen LogP contribution in [0.5, 0.6) is 0 Å². The number of benzene rings is 8. The molecule has 8 aromatic carbocycles. The molecule has 0 radical (unpaired) electrons. The highest BCUT2D eigenvalue weighted by Crippen LogP contribution is 2.45. The smallest absolute Gasteiger partial charge is 0.0719 e. The van der Waals surface area contributed by atoms with Crippen molar-refractivity contribution in [3.8, 4) is 27.9 Å². The van der Waals surface area contributed by atoms with E-state index < -0.39 is 0 Å². The summed E-state index contributed by atoms with van der Waals surface area (Å²) in [5.41, 5.74) is 11.4. The molecule has 0 unspecified atom stereocenters. The van der Waals surface area contributed by atoms with Crippen LogP contribution in [-0.2, 0) is 12.8 Å². The first-order chi connectivity index (χ1) is 28.7. The molecule has 0 saturated carbocycles. The van der Waals surface area contributed by atoms with Crippen LogP contribution < -0.4 is 0 Å². The molecule has 2 aromatic heterocycles. The summed E-state index contributed by atoms with van der Waals surface area (Å²) in [6, 6.07) is 52.7. The van der Waals surface area contributed by atoms with Gasteiger partial charge in [-0.15, -0.1) is 11.3 Å². The Morgan fingerprint density at radius 2 is 1.19 bits per heavy atom. The molecule has 1 aliphatic carbocycles. The van der Waals surface area contributed by atoms with Crippen LogP contribution in [0.1, 0.15) is 22.4 Å². The lowest BCUT2D eigenvalue weighted by Gasteiger charge is -2.15. The third-order valence-corrected chi connectivity index (χ3v) is 14.5. The Bertz CT molecular complexity index is 3460. The van der Waals surface area contributed by atoms with Gasteiger partial charge < -0.3 is 4.57 Å². The van der Waals surface area contributed by atoms with E-state index in [-0.39, 0.29) is 0 Å². The number of thiophene rings is 1. The average Bonchev–Trinajstić information content (AvgIpc) is 3.85. The molecule has 3 heteroatoms. The maximum atomic E-state index is 4.24. The van der Waals surface area contributed by atoms with E-state index in [1.807, 2.05) is 11.3 Å². The average molecular weight is 776 g/mol. The van der Waals surface area contributed by atoms with Crippen LogP contribution >= 0.6 is 23.1 Å². The Morgan fingerprint density at radius 1 is 0.517 bits per heavy atom. The number of para-hydroxylation sites is 1. The van der Waals surface area contributed by atoms with Gasteiger partial charge in [0.05, 0.1) is 15.7 Å². The maximum Gasteiger partial charge on any atom is 0.0719 e. The van der Waals surface area contributed by atoms with Crippen molar-refractivity contribution in [1.82, 2.24) is 4.57 Å². The molecular weight excluding hydrogens is 739 g/mol. The molecule has 0 atom stereocenters. The van der Waals surface area contributed by atoms with Gasteiger partial charge in [0.15, 0.2) is 0 Å². The monoisotopic (exact) mass is 775 g/mol. The SMILES string of the molecule is C=C1/C=C\C=C/Cc2cc(-c3ccc4c5ccc(-c6cccc(-n7c8ccccc8c8ccc9c%10c(sc9c87)CCC=C%10)c6)cc5c5ccccc5c4c3)ccc2S1. The molecule has 0 saturated heterocycles. The van der Waals surface area contributed by atoms with E-state index in [9.17, 15) is 0 Å². The number of allylic oxidation sites excluding steroid dienone is 5. The van der Waals surface area contributed by atoms with Gasteiger partial charge in [0.1, 0.15) is 0 Å². The molecule has 274 valence electrons. The third-order valence-electron chi connectivity index (χ3n) is 12.2. The van der Waals surface area contributed by atoms with Crippen molar-refractivity contribution in [3.05, 3.63) is 197 Å². The Labute approximate surface area is 345 Å². The lowest BCUT2D eigenvalue weighted by Crippen LogP contribution is -1.94. The standard InChI is InChI=1S/C55H37NS2/c1-34-12-3-2-4-13-39-30-36(24-29-52(39)57-34)38-23-26-44-43-25-22-37(32-49(43)41-16-5-6-17-42(41)50(44)33-38)35-14-11-15-40(31-35)56-51-20-9-7-18-45(51)47-27-28-48-46-19-8-10-21-53(46)58-55(48)54(47)56/h2-9,11-12,14-20,22-33H,1,10,13,21H2/b4-2-,12-3-. The number of hydrogen-bond acceptors (Lipinski definition) is 2. The van der Waals surface area contributed by atoms with Gasteiger partial charge in [0, 0.05) is 36.5 Å². The van der Waals surface area contributed by atoms with E-state index in [0.29, 0.717) is 0 Å². The molecule has 0 amide bonds. The molecule has 1 aliphatic heterocycles. The van der Waals surface area contributed by atoms with Crippen molar-refractivity contribution >= 4 is 93.4 Å². The molecule has 58 heavy (non-hydrogen) atoms. The second kappa shape index (κ2) is 13.3. The normalized spacial score (nSPS) is 15.2. The predicted molar refractivity (Wildman–Crippen MR) is 254 cm³/mol. The van der Waals surface area contributed by atoms with Crippen LogP contribution in [0.4, 0.5) is 0 Å². The zero-order chi connectivity index (χ0) is 38.3. The van der Waals surface area contributed by atoms with Crippen molar-refractivity contribution in [2.24, 2.45) is 0 Å². The van der Waals surface area contributed by atoms with Gasteiger partial charge in [-0.1, -0.05) is 146 Å². The number of thioether (sulfide) groups is 1. The van der Waals surface area contributed by atoms with Crippen LogP contribution in [0.25, 0.3) is 98.2 Å². The van der Waals surface area contributed by atoms with Crippen molar-refractivity contribution in [1.29, 1.82) is 0 Å². The van der Waals surface area contributed by atoms with Crippen LogP contribution in [0.2, 0.25) is 0 Å². The highest BCUT2D eigenvalue weighted by molar-refractivity contribution is 8.03. The summed E-state index contributed by atoms with van der Waals surface area (Å²) < 4.78 is 3.90. The van der Waals surface area contributed by atoms with Crippen LogP contribution in [0.15, 0.2) is 186 Å². The first-order valence-electron chi connectivity index (χ1n) is 20.1. The fraction of sp³-hybridized carbons (Fsp3) is 0.0545. The molecule has 10 aromatic rings. The van der Waals surface area contributed by atoms with E-state index in [0.717, 1.165) is 24.2 Å². The molecule has 3 heterocycles. The number of nitrogens with zero attached hydrogens (tertiary/aromatic N) is 1. The van der Waals surface area contributed by atoms with Crippen molar-refractivity contribution < 1.29 is 0 Å². The molecule has 0 spiro atoms. The summed E-state index contributed by atoms with van der Waals surface area (Å²) in [6.45, 7) is 4.24. The highest BCUT2D eigenvalue weighted by Gasteiger charge is 2.21. The van der Waals surface area contributed by atoms with Gasteiger partial charge in [-0.05, 0) is 134 Å². The minimum absolute atomic E-state index is 0.900. The van der Waals surface area contributed by atoms with Gasteiger partial charge in [-0.25, -0.2) is 0 Å². The van der Waals surface area contributed by atoms with E-state index in [1.165, 1.54) is 113 Å². The first-order valence-corrected chi connectivity index (χ1v) is 21.8. The van der Waals surface area contributed by atoms with E-state index in [4.69, 9.17) is 0 Å². The van der Waals surface area contributed by atoms with Gasteiger partial charge in [-0.2, -0.15) is 0 Å². The van der Waals surface area contributed by atoms with E-state index in [2.05, 4.69) is 187 Å². The van der Waals surface area contributed by atoms with Gasteiger partial charge in [0.2, 0.25) is 0 Å².